The van der Waals surface area contributed by atoms with Crippen molar-refractivity contribution in [3.05, 3.63) is 35.9 Å². The number of aliphatic hydroxyl groups is 1. The Morgan fingerprint density at radius 3 is 2.39 bits per heavy atom. The van der Waals surface area contributed by atoms with E-state index < -0.39 is 5.60 Å². The van der Waals surface area contributed by atoms with Crippen LogP contribution in [0.1, 0.15) is 39.7 Å². The average Bonchev–Trinajstić information content (AvgIpc) is 2.34. The molecule has 1 saturated heterocycles. The van der Waals surface area contributed by atoms with E-state index in [2.05, 4.69) is 32.6 Å². The van der Waals surface area contributed by atoms with Gasteiger partial charge in [-0.05, 0) is 32.8 Å². The van der Waals surface area contributed by atoms with Crippen molar-refractivity contribution in [2.75, 3.05) is 6.54 Å². The van der Waals surface area contributed by atoms with Gasteiger partial charge in [0.15, 0.2) is 0 Å². The van der Waals surface area contributed by atoms with E-state index in [1.54, 1.807) is 0 Å². The Morgan fingerprint density at radius 1 is 1.22 bits per heavy atom. The normalized spacial score (nSPS) is 33.9. The van der Waals surface area contributed by atoms with Gasteiger partial charge < -0.3 is 5.11 Å². The summed E-state index contributed by atoms with van der Waals surface area (Å²) in [4.78, 5) is 2.49. The molecule has 0 radical (unpaired) electrons. The molecule has 1 aromatic rings. The lowest BCUT2D eigenvalue weighted by Gasteiger charge is -2.48. The molecule has 0 bridgehead atoms. The lowest BCUT2D eigenvalue weighted by Crippen LogP contribution is -2.55. The highest BCUT2D eigenvalue weighted by molar-refractivity contribution is 5.24. The van der Waals surface area contributed by atoms with E-state index in [4.69, 9.17) is 0 Å². The predicted octanol–water partition coefficient (Wildman–Crippen LogP) is 3.01. The van der Waals surface area contributed by atoms with Gasteiger partial charge in [-0.2, -0.15) is 0 Å². The van der Waals surface area contributed by atoms with Crippen LogP contribution in [0, 0.1) is 5.92 Å². The average molecular weight is 247 g/mol. The first-order valence-electron chi connectivity index (χ1n) is 6.99. The predicted molar refractivity (Wildman–Crippen MR) is 75.4 cm³/mol. The largest absolute Gasteiger partial charge is 0.385 e. The standard InChI is InChI=1S/C16H25NO/c1-12(2)17-11-13(3)16(18,10-14(17)4)15-8-6-5-7-9-15/h5-9,12-14,18H,10-11H2,1-4H3/t13-,14-,16+/m0/s1. The van der Waals surface area contributed by atoms with E-state index >= 15 is 0 Å². The monoisotopic (exact) mass is 247 g/mol. The fourth-order valence-corrected chi connectivity index (χ4v) is 3.26. The summed E-state index contributed by atoms with van der Waals surface area (Å²) in [5.41, 5.74) is 0.388. The SMILES string of the molecule is CC(C)N1C[C@H](C)[C@@](O)(c2ccccc2)C[C@@H]1C. The van der Waals surface area contributed by atoms with E-state index in [1.165, 1.54) is 0 Å². The van der Waals surface area contributed by atoms with Crippen molar-refractivity contribution in [1.29, 1.82) is 0 Å². The van der Waals surface area contributed by atoms with Crippen LogP contribution in [0.3, 0.4) is 0 Å². The summed E-state index contributed by atoms with van der Waals surface area (Å²) in [6, 6.07) is 11.1. The van der Waals surface area contributed by atoms with Crippen molar-refractivity contribution in [3.8, 4) is 0 Å². The van der Waals surface area contributed by atoms with Crippen LogP contribution in [0.5, 0.6) is 0 Å². The number of nitrogens with zero attached hydrogens (tertiary/aromatic N) is 1. The van der Waals surface area contributed by atoms with E-state index in [-0.39, 0.29) is 5.92 Å². The molecule has 1 fully saturated rings. The Balaban J connectivity index is 2.26. The maximum Gasteiger partial charge on any atom is 0.0948 e. The van der Waals surface area contributed by atoms with Crippen LogP contribution >= 0.6 is 0 Å². The highest BCUT2D eigenvalue weighted by Crippen LogP contribution is 2.40. The van der Waals surface area contributed by atoms with Gasteiger partial charge in [-0.15, -0.1) is 0 Å². The van der Waals surface area contributed by atoms with Gasteiger partial charge in [-0.25, -0.2) is 0 Å². The van der Waals surface area contributed by atoms with Gasteiger partial charge >= 0.3 is 0 Å². The molecule has 2 rings (SSSR count). The fourth-order valence-electron chi connectivity index (χ4n) is 3.26. The van der Waals surface area contributed by atoms with Crippen LogP contribution in [0.15, 0.2) is 30.3 Å². The van der Waals surface area contributed by atoms with Gasteiger partial charge in [0.2, 0.25) is 0 Å². The molecule has 1 N–H and O–H groups in total. The number of rotatable bonds is 2. The summed E-state index contributed by atoms with van der Waals surface area (Å²) in [6.07, 6.45) is 0.816. The topological polar surface area (TPSA) is 23.5 Å². The van der Waals surface area contributed by atoms with Crippen LogP contribution < -0.4 is 0 Å². The van der Waals surface area contributed by atoms with Crippen LogP contribution in [0.4, 0.5) is 0 Å². The van der Waals surface area contributed by atoms with Gasteiger partial charge in [0.25, 0.3) is 0 Å². The third-order valence-corrected chi connectivity index (χ3v) is 4.41. The first-order chi connectivity index (χ1) is 8.45. The molecule has 0 amide bonds. The maximum absolute atomic E-state index is 11.1. The van der Waals surface area contributed by atoms with Gasteiger partial charge in [-0.1, -0.05) is 37.3 Å². The molecule has 0 aliphatic carbocycles. The number of likely N-dealkylation sites (tertiary alicyclic amines) is 1. The van der Waals surface area contributed by atoms with Gasteiger partial charge in [-0.3, -0.25) is 4.90 Å². The Kier molecular flexibility index (Phi) is 3.79. The minimum atomic E-state index is -0.675. The summed E-state index contributed by atoms with van der Waals surface area (Å²) in [5.74, 6) is 0.262. The molecule has 1 aromatic carbocycles. The Morgan fingerprint density at radius 2 is 1.83 bits per heavy atom. The van der Waals surface area contributed by atoms with Crippen LogP contribution in [-0.2, 0) is 5.60 Å². The maximum atomic E-state index is 11.1. The van der Waals surface area contributed by atoms with Gasteiger partial charge in [0, 0.05) is 24.5 Å². The molecule has 0 aromatic heterocycles. The zero-order chi connectivity index (χ0) is 13.3. The second-order valence-corrected chi connectivity index (χ2v) is 6.04. The summed E-state index contributed by atoms with van der Waals surface area (Å²) in [7, 11) is 0. The molecular formula is C16H25NO. The molecule has 3 atom stereocenters. The van der Waals surface area contributed by atoms with Crippen molar-refractivity contribution in [3.63, 3.8) is 0 Å². The molecule has 100 valence electrons. The number of hydrogen-bond donors (Lipinski definition) is 1. The highest BCUT2D eigenvalue weighted by Gasteiger charge is 2.43. The summed E-state index contributed by atoms with van der Waals surface area (Å²) in [6.45, 7) is 9.81. The van der Waals surface area contributed by atoms with Crippen LogP contribution in [-0.4, -0.2) is 28.6 Å². The highest BCUT2D eigenvalue weighted by atomic mass is 16.3. The molecule has 0 saturated carbocycles. The lowest BCUT2D eigenvalue weighted by atomic mass is 9.74. The minimum absolute atomic E-state index is 0.262. The third kappa shape index (κ3) is 2.32. The van der Waals surface area contributed by atoms with Crippen molar-refractivity contribution >= 4 is 0 Å². The number of hydrogen-bond acceptors (Lipinski definition) is 2. The summed E-state index contributed by atoms with van der Waals surface area (Å²) >= 11 is 0. The summed E-state index contributed by atoms with van der Waals surface area (Å²) in [5, 5.41) is 11.1. The van der Waals surface area contributed by atoms with E-state index in [0.29, 0.717) is 12.1 Å². The molecule has 1 heterocycles. The van der Waals surface area contributed by atoms with Crippen molar-refractivity contribution in [2.45, 2.75) is 51.8 Å². The van der Waals surface area contributed by atoms with Crippen LogP contribution in [0.2, 0.25) is 0 Å². The second kappa shape index (κ2) is 5.02. The van der Waals surface area contributed by atoms with Crippen molar-refractivity contribution in [2.24, 2.45) is 5.92 Å². The van der Waals surface area contributed by atoms with Gasteiger partial charge in [0.05, 0.1) is 5.60 Å². The quantitative estimate of drug-likeness (QED) is 0.868. The lowest BCUT2D eigenvalue weighted by molar-refractivity contribution is -0.0974. The molecule has 1 aliphatic heterocycles. The number of benzene rings is 1. The molecule has 2 nitrogen and oxygen atoms in total. The first kappa shape index (κ1) is 13.6. The van der Waals surface area contributed by atoms with Crippen LogP contribution in [0.25, 0.3) is 0 Å². The molecule has 0 unspecified atom stereocenters. The van der Waals surface area contributed by atoms with E-state index in [1.807, 2.05) is 30.3 Å². The molecule has 0 spiro atoms. The zero-order valence-corrected chi connectivity index (χ0v) is 11.9. The summed E-state index contributed by atoms with van der Waals surface area (Å²) < 4.78 is 0. The zero-order valence-electron chi connectivity index (χ0n) is 11.9. The number of piperidine rings is 1. The van der Waals surface area contributed by atoms with Crippen molar-refractivity contribution in [1.82, 2.24) is 4.90 Å². The van der Waals surface area contributed by atoms with E-state index in [9.17, 15) is 5.11 Å². The second-order valence-electron chi connectivity index (χ2n) is 6.04. The van der Waals surface area contributed by atoms with Gasteiger partial charge in [0.1, 0.15) is 0 Å². The van der Waals surface area contributed by atoms with Crippen molar-refractivity contribution < 1.29 is 5.11 Å². The molecule has 18 heavy (non-hydrogen) atoms. The Labute approximate surface area is 111 Å². The molecular weight excluding hydrogens is 222 g/mol. The smallest absolute Gasteiger partial charge is 0.0948 e. The van der Waals surface area contributed by atoms with E-state index in [0.717, 1.165) is 18.5 Å². The minimum Gasteiger partial charge on any atom is -0.385 e. The fraction of sp³-hybridized carbons (Fsp3) is 0.625. The first-order valence-corrected chi connectivity index (χ1v) is 6.99. The molecule has 1 aliphatic rings. The Hall–Kier alpha value is -0.860. The Bertz CT molecular complexity index is 389. The molecule has 2 heteroatoms. The third-order valence-electron chi connectivity index (χ3n) is 4.41.